The van der Waals surface area contributed by atoms with Crippen LogP contribution in [-0.4, -0.2) is 4.98 Å². The highest BCUT2D eigenvalue weighted by molar-refractivity contribution is 5.84. The molecule has 0 bridgehead atoms. The molecule has 1 aromatic heterocycles. The van der Waals surface area contributed by atoms with E-state index >= 15 is 0 Å². The van der Waals surface area contributed by atoms with Gasteiger partial charge in [0, 0.05) is 11.7 Å². The van der Waals surface area contributed by atoms with Gasteiger partial charge in [-0.3, -0.25) is 0 Å². The minimum atomic E-state index is 1.12. The van der Waals surface area contributed by atoms with Crippen LogP contribution in [0.3, 0.4) is 0 Å². The van der Waals surface area contributed by atoms with Gasteiger partial charge in [0.05, 0.1) is 0 Å². The van der Waals surface area contributed by atoms with Crippen LogP contribution in [0.2, 0.25) is 0 Å². The van der Waals surface area contributed by atoms with Gasteiger partial charge in [-0.2, -0.15) is 0 Å². The van der Waals surface area contributed by atoms with Crippen LogP contribution in [-0.2, 0) is 0 Å². The molecule has 15 heavy (non-hydrogen) atoms. The number of H-pyrrole nitrogens is 1. The Morgan fingerprint density at radius 2 is 2.00 bits per heavy atom. The molecule has 0 aliphatic heterocycles. The van der Waals surface area contributed by atoms with Crippen LogP contribution in [0, 0.1) is 0 Å². The van der Waals surface area contributed by atoms with E-state index < -0.39 is 0 Å². The van der Waals surface area contributed by atoms with Crippen LogP contribution in [0.15, 0.2) is 36.0 Å². The molecule has 0 aliphatic carbocycles. The first-order valence-electron chi connectivity index (χ1n) is 5.46. The number of rotatable bonds is 2. The summed E-state index contributed by atoms with van der Waals surface area (Å²) in [5.41, 5.74) is 5.41. The van der Waals surface area contributed by atoms with Gasteiger partial charge in [0.25, 0.3) is 0 Å². The Morgan fingerprint density at radius 3 is 2.73 bits per heavy atom. The van der Waals surface area contributed by atoms with Crippen molar-refractivity contribution in [2.75, 3.05) is 0 Å². The highest BCUT2D eigenvalue weighted by Gasteiger charge is 2.01. The van der Waals surface area contributed by atoms with Crippen molar-refractivity contribution in [1.82, 2.24) is 4.98 Å². The fourth-order valence-electron chi connectivity index (χ4n) is 1.80. The van der Waals surface area contributed by atoms with E-state index in [0.29, 0.717) is 0 Å². The first kappa shape index (κ1) is 10.0. The van der Waals surface area contributed by atoms with E-state index in [-0.39, 0.29) is 0 Å². The molecule has 0 unspecified atom stereocenters. The summed E-state index contributed by atoms with van der Waals surface area (Å²) < 4.78 is 0. The molecule has 0 fully saturated rings. The lowest BCUT2D eigenvalue weighted by molar-refractivity contribution is 1.10. The number of aromatic amines is 1. The molecule has 1 nitrogen and oxygen atoms in total. The van der Waals surface area contributed by atoms with Gasteiger partial charge in [0.1, 0.15) is 0 Å². The first-order valence-corrected chi connectivity index (χ1v) is 5.46. The number of aromatic nitrogens is 1. The normalized spacial score (nSPS) is 13.0. The van der Waals surface area contributed by atoms with Crippen molar-refractivity contribution in [3.63, 3.8) is 0 Å². The van der Waals surface area contributed by atoms with Crippen LogP contribution in [0.5, 0.6) is 0 Å². The Bertz CT molecular complexity index is 503. The lowest BCUT2D eigenvalue weighted by Crippen LogP contribution is -1.84. The van der Waals surface area contributed by atoms with Gasteiger partial charge in [-0.05, 0) is 55.0 Å². The summed E-state index contributed by atoms with van der Waals surface area (Å²) in [4.78, 5) is 3.21. The average molecular weight is 199 g/mol. The molecule has 0 saturated carbocycles. The average Bonchev–Trinajstić information content (AvgIpc) is 2.73. The van der Waals surface area contributed by atoms with Crippen LogP contribution < -0.4 is 0 Å². The van der Waals surface area contributed by atoms with Gasteiger partial charge in [-0.1, -0.05) is 18.6 Å². The van der Waals surface area contributed by atoms with E-state index in [2.05, 4.69) is 50.0 Å². The molecule has 78 valence electrons. The molecule has 2 aromatic rings. The second kappa shape index (κ2) is 3.93. The van der Waals surface area contributed by atoms with Gasteiger partial charge in [-0.15, -0.1) is 0 Å². The van der Waals surface area contributed by atoms with Crippen LogP contribution in [0.25, 0.3) is 16.5 Å². The molecular weight excluding hydrogens is 182 g/mol. The van der Waals surface area contributed by atoms with Crippen LogP contribution in [0.1, 0.15) is 32.8 Å². The standard InChI is InChI=1S/C14H17N/c1-4-10(2)11(3)12-5-6-14-13(9-12)7-8-15-14/h5-9,15H,4H2,1-3H3/b11-10-. The molecule has 1 aromatic carbocycles. The minimum Gasteiger partial charge on any atom is -0.361 e. The number of allylic oxidation sites excluding steroid dienone is 2. The van der Waals surface area contributed by atoms with Crippen molar-refractivity contribution < 1.29 is 0 Å². The Kier molecular flexibility index (Phi) is 2.63. The number of benzene rings is 1. The summed E-state index contributed by atoms with van der Waals surface area (Å²) in [6.07, 6.45) is 3.11. The van der Waals surface area contributed by atoms with Gasteiger partial charge in [0.2, 0.25) is 0 Å². The van der Waals surface area contributed by atoms with Crippen molar-refractivity contribution in [2.24, 2.45) is 0 Å². The predicted molar refractivity (Wildman–Crippen MR) is 66.9 cm³/mol. The second-order valence-electron chi connectivity index (χ2n) is 4.04. The molecule has 0 aliphatic rings. The maximum atomic E-state index is 3.21. The van der Waals surface area contributed by atoms with Crippen molar-refractivity contribution in [1.29, 1.82) is 0 Å². The largest absolute Gasteiger partial charge is 0.361 e. The fourth-order valence-corrected chi connectivity index (χ4v) is 1.80. The predicted octanol–water partition coefficient (Wildman–Crippen LogP) is 4.37. The van der Waals surface area contributed by atoms with E-state index in [1.807, 2.05) is 6.20 Å². The lowest BCUT2D eigenvalue weighted by atomic mass is 10.00. The second-order valence-corrected chi connectivity index (χ2v) is 4.04. The number of hydrogen-bond acceptors (Lipinski definition) is 0. The quantitative estimate of drug-likeness (QED) is 0.739. The summed E-state index contributed by atoms with van der Waals surface area (Å²) in [5, 5.41) is 1.29. The van der Waals surface area contributed by atoms with E-state index in [4.69, 9.17) is 0 Å². The zero-order valence-corrected chi connectivity index (χ0v) is 9.59. The van der Waals surface area contributed by atoms with Gasteiger partial charge in [-0.25, -0.2) is 0 Å². The maximum absolute atomic E-state index is 3.21. The number of nitrogens with one attached hydrogen (secondary N) is 1. The summed E-state index contributed by atoms with van der Waals surface area (Å²) in [6.45, 7) is 6.61. The third-order valence-electron chi connectivity index (χ3n) is 3.16. The van der Waals surface area contributed by atoms with E-state index in [1.54, 1.807) is 0 Å². The molecule has 1 heteroatoms. The van der Waals surface area contributed by atoms with Crippen LogP contribution in [0.4, 0.5) is 0 Å². The van der Waals surface area contributed by atoms with Crippen molar-refractivity contribution in [2.45, 2.75) is 27.2 Å². The lowest BCUT2D eigenvalue weighted by Gasteiger charge is -2.06. The van der Waals surface area contributed by atoms with E-state index in [0.717, 1.165) is 6.42 Å². The summed E-state index contributed by atoms with van der Waals surface area (Å²) >= 11 is 0. The van der Waals surface area contributed by atoms with Crippen molar-refractivity contribution >= 4 is 16.5 Å². The van der Waals surface area contributed by atoms with Gasteiger partial charge in [0.15, 0.2) is 0 Å². The minimum absolute atomic E-state index is 1.12. The molecule has 0 spiro atoms. The molecule has 1 N–H and O–H groups in total. The molecule has 2 rings (SSSR count). The molecule has 0 radical (unpaired) electrons. The zero-order chi connectivity index (χ0) is 10.8. The Balaban J connectivity index is 2.53. The Morgan fingerprint density at radius 1 is 1.20 bits per heavy atom. The highest BCUT2D eigenvalue weighted by Crippen LogP contribution is 2.23. The molecular formula is C14H17N. The zero-order valence-electron chi connectivity index (χ0n) is 9.59. The third-order valence-corrected chi connectivity index (χ3v) is 3.16. The number of fused-ring (bicyclic) bond motifs is 1. The summed E-state index contributed by atoms with van der Waals surface area (Å²) in [6, 6.07) is 8.71. The molecule has 0 saturated heterocycles. The summed E-state index contributed by atoms with van der Waals surface area (Å²) in [5.74, 6) is 0. The van der Waals surface area contributed by atoms with Gasteiger partial charge >= 0.3 is 0 Å². The smallest absolute Gasteiger partial charge is 0.0454 e. The summed E-state index contributed by atoms with van der Waals surface area (Å²) in [7, 11) is 0. The van der Waals surface area contributed by atoms with Gasteiger partial charge < -0.3 is 4.98 Å². The SMILES string of the molecule is CC/C(C)=C(/C)c1ccc2[nH]ccc2c1. The maximum Gasteiger partial charge on any atom is 0.0454 e. The van der Waals surface area contributed by atoms with E-state index in [9.17, 15) is 0 Å². The molecule has 0 atom stereocenters. The van der Waals surface area contributed by atoms with Crippen LogP contribution >= 0.6 is 0 Å². The Hall–Kier alpha value is -1.50. The molecule has 0 amide bonds. The van der Waals surface area contributed by atoms with Crippen molar-refractivity contribution in [3.8, 4) is 0 Å². The topological polar surface area (TPSA) is 15.8 Å². The monoisotopic (exact) mass is 199 g/mol. The van der Waals surface area contributed by atoms with Crippen molar-refractivity contribution in [3.05, 3.63) is 41.6 Å². The third kappa shape index (κ3) is 1.82. The molecule has 1 heterocycles. The number of hydrogen-bond donors (Lipinski definition) is 1. The fraction of sp³-hybridized carbons (Fsp3) is 0.286. The highest BCUT2D eigenvalue weighted by atomic mass is 14.7. The van der Waals surface area contributed by atoms with E-state index in [1.165, 1.54) is 27.6 Å². The first-order chi connectivity index (χ1) is 7.22. The Labute approximate surface area is 90.8 Å².